The predicted molar refractivity (Wildman–Crippen MR) is 65.2 cm³/mol. The Balaban J connectivity index is 2.52. The molecule has 1 aromatic carbocycles. The van der Waals surface area contributed by atoms with Gasteiger partial charge in [-0.3, -0.25) is 0 Å². The molecule has 0 amide bonds. The first-order valence-corrected chi connectivity index (χ1v) is 5.86. The van der Waals surface area contributed by atoms with E-state index in [0.29, 0.717) is 14.7 Å². The van der Waals surface area contributed by atoms with Crippen molar-refractivity contribution in [3.05, 3.63) is 31.5 Å². The summed E-state index contributed by atoms with van der Waals surface area (Å²) in [7, 11) is 0. The maximum atomic E-state index is 6.01. The Morgan fingerprint density at radius 1 is 1.43 bits per heavy atom. The van der Waals surface area contributed by atoms with Crippen LogP contribution >= 0.6 is 50.1 Å². The van der Waals surface area contributed by atoms with Crippen LogP contribution in [0.4, 0.5) is 0 Å². The summed E-state index contributed by atoms with van der Waals surface area (Å²) in [6.45, 7) is 0. The average Bonchev–Trinajstić information content (AvgIpc) is 2.51. The zero-order chi connectivity index (χ0) is 10.1. The highest BCUT2D eigenvalue weighted by Gasteiger charge is 2.10. The molecule has 0 fully saturated rings. The van der Waals surface area contributed by atoms with Crippen molar-refractivity contribution >= 4 is 50.1 Å². The molecule has 0 aliphatic heterocycles. The molecule has 0 aliphatic rings. The van der Waals surface area contributed by atoms with Crippen molar-refractivity contribution in [1.82, 2.24) is 10.1 Å². The van der Waals surface area contributed by atoms with Gasteiger partial charge in [-0.05, 0) is 18.2 Å². The van der Waals surface area contributed by atoms with Crippen LogP contribution in [0.25, 0.3) is 11.5 Å². The van der Waals surface area contributed by atoms with Crippen LogP contribution in [0.5, 0.6) is 0 Å². The summed E-state index contributed by atoms with van der Waals surface area (Å²) in [5.41, 5.74) is 0.741. The molecule has 0 bridgehead atoms. The number of nitrogens with zero attached hydrogens (tertiary/aromatic N) is 2. The monoisotopic (exact) mass is 384 g/mol. The minimum atomic E-state index is 0.437. The summed E-state index contributed by atoms with van der Waals surface area (Å²) in [6, 6.07) is 5.49. The molecule has 14 heavy (non-hydrogen) atoms. The minimum Gasteiger partial charge on any atom is -0.333 e. The second-order valence-corrected chi connectivity index (χ2v) is 4.78. The van der Waals surface area contributed by atoms with E-state index in [4.69, 9.17) is 16.1 Å². The third-order valence-electron chi connectivity index (χ3n) is 1.56. The minimum absolute atomic E-state index is 0.437. The van der Waals surface area contributed by atoms with E-state index in [2.05, 4.69) is 26.1 Å². The summed E-state index contributed by atoms with van der Waals surface area (Å²) < 4.78 is 6.49. The first kappa shape index (κ1) is 10.4. The maximum absolute atomic E-state index is 6.01. The smallest absolute Gasteiger partial charge is 0.260 e. The zero-order valence-corrected chi connectivity index (χ0v) is 11.2. The largest absolute Gasteiger partial charge is 0.333 e. The lowest BCUT2D eigenvalue weighted by atomic mass is 10.2. The highest BCUT2D eigenvalue weighted by Crippen LogP contribution is 2.29. The van der Waals surface area contributed by atoms with Gasteiger partial charge in [0.1, 0.15) is 0 Å². The van der Waals surface area contributed by atoms with E-state index in [1.165, 1.54) is 0 Å². The molecular formula is C8H3BrClIN2O. The molecule has 2 rings (SSSR count). The second kappa shape index (κ2) is 4.16. The quantitative estimate of drug-likeness (QED) is 0.702. The maximum Gasteiger partial charge on any atom is 0.260 e. The van der Waals surface area contributed by atoms with Gasteiger partial charge in [0.2, 0.25) is 3.83 Å². The average molecular weight is 385 g/mol. The Bertz CT molecular complexity index is 474. The number of hydrogen-bond acceptors (Lipinski definition) is 3. The molecule has 0 spiro atoms. The van der Waals surface area contributed by atoms with E-state index >= 15 is 0 Å². The number of aromatic nitrogens is 2. The normalized spacial score (nSPS) is 10.5. The first-order valence-electron chi connectivity index (χ1n) is 3.61. The van der Waals surface area contributed by atoms with Gasteiger partial charge >= 0.3 is 0 Å². The second-order valence-electron chi connectivity index (χ2n) is 2.49. The molecule has 3 nitrogen and oxygen atoms in total. The fraction of sp³-hybridized carbons (Fsp3) is 0. The van der Waals surface area contributed by atoms with E-state index in [1.54, 1.807) is 6.07 Å². The van der Waals surface area contributed by atoms with Crippen LogP contribution in [-0.2, 0) is 0 Å². The van der Waals surface area contributed by atoms with Gasteiger partial charge in [0, 0.05) is 27.1 Å². The van der Waals surface area contributed by atoms with Crippen molar-refractivity contribution in [2.45, 2.75) is 0 Å². The van der Waals surface area contributed by atoms with Gasteiger partial charge in [0.05, 0.1) is 10.6 Å². The van der Waals surface area contributed by atoms with E-state index in [-0.39, 0.29) is 0 Å². The standard InChI is InChI=1S/C8H3BrClIN2O/c9-4-1-2-5(6(10)3-4)7-12-8(11)13-14-7/h1-3H. The summed E-state index contributed by atoms with van der Waals surface area (Å²) in [4.78, 5) is 4.08. The topological polar surface area (TPSA) is 38.9 Å². The number of halogens is 3. The fourth-order valence-electron chi connectivity index (χ4n) is 0.978. The van der Waals surface area contributed by atoms with Crippen molar-refractivity contribution in [3.63, 3.8) is 0 Å². The van der Waals surface area contributed by atoms with Crippen LogP contribution in [0.15, 0.2) is 27.2 Å². The van der Waals surface area contributed by atoms with Crippen molar-refractivity contribution in [3.8, 4) is 11.5 Å². The van der Waals surface area contributed by atoms with Gasteiger partial charge in [-0.2, -0.15) is 4.98 Å². The van der Waals surface area contributed by atoms with Gasteiger partial charge in [0.15, 0.2) is 0 Å². The van der Waals surface area contributed by atoms with Gasteiger partial charge in [-0.15, -0.1) is 0 Å². The number of hydrogen-bond donors (Lipinski definition) is 0. The van der Waals surface area contributed by atoms with E-state index < -0.39 is 0 Å². The van der Waals surface area contributed by atoms with Crippen LogP contribution < -0.4 is 0 Å². The fourth-order valence-corrected chi connectivity index (χ4v) is 2.05. The Morgan fingerprint density at radius 3 is 2.79 bits per heavy atom. The molecule has 0 radical (unpaired) electrons. The van der Waals surface area contributed by atoms with Crippen LogP contribution in [0, 0.1) is 3.83 Å². The lowest BCUT2D eigenvalue weighted by Crippen LogP contribution is -1.79. The van der Waals surface area contributed by atoms with Crippen LogP contribution in [-0.4, -0.2) is 10.1 Å². The van der Waals surface area contributed by atoms with Crippen LogP contribution in [0.2, 0.25) is 5.02 Å². The highest BCUT2D eigenvalue weighted by atomic mass is 127. The summed E-state index contributed by atoms with van der Waals surface area (Å²) in [6.07, 6.45) is 0. The van der Waals surface area contributed by atoms with E-state index in [0.717, 1.165) is 10.0 Å². The zero-order valence-electron chi connectivity index (χ0n) is 6.67. The molecule has 1 aromatic heterocycles. The molecule has 0 saturated carbocycles. The molecule has 6 heteroatoms. The number of rotatable bonds is 1. The SMILES string of the molecule is Clc1cc(Br)ccc1-c1nc(I)no1. The van der Waals surface area contributed by atoms with Crippen LogP contribution in [0.1, 0.15) is 0 Å². The molecule has 0 N–H and O–H groups in total. The molecule has 72 valence electrons. The molecule has 0 saturated heterocycles. The Morgan fingerprint density at radius 2 is 2.21 bits per heavy atom. The molecule has 0 atom stereocenters. The van der Waals surface area contributed by atoms with Gasteiger partial charge < -0.3 is 4.52 Å². The summed E-state index contributed by atoms with van der Waals surface area (Å²) >= 11 is 11.3. The van der Waals surface area contributed by atoms with Crippen molar-refractivity contribution in [2.75, 3.05) is 0 Å². The molecule has 0 unspecified atom stereocenters. The molecular weight excluding hydrogens is 382 g/mol. The van der Waals surface area contributed by atoms with Crippen molar-refractivity contribution in [1.29, 1.82) is 0 Å². The third kappa shape index (κ3) is 2.09. The summed E-state index contributed by atoms with van der Waals surface area (Å²) in [5, 5.41) is 4.27. The first-order chi connectivity index (χ1) is 6.66. The molecule has 1 heterocycles. The summed E-state index contributed by atoms with van der Waals surface area (Å²) in [5.74, 6) is 0.437. The van der Waals surface area contributed by atoms with E-state index in [9.17, 15) is 0 Å². The molecule has 0 aliphatic carbocycles. The lowest BCUT2D eigenvalue weighted by Gasteiger charge is -1.98. The predicted octanol–water partition coefficient (Wildman–Crippen LogP) is 3.76. The van der Waals surface area contributed by atoms with E-state index in [1.807, 2.05) is 34.7 Å². The van der Waals surface area contributed by atoms with Gasteiger partial charge in [-0.25, -0.2) is 0 Å². The Kier molecular flexibility index (Phi) is 3.08. The third-order valence-corrected chi connectivity index (χ3v) is 2.81. The van der Waals surface area contributed by atoms with Crippen molar-refractivity contribution < 1.29 is 4.52 Å². The number of benzene rings is 1. The van der Waals surface area contributed by atoms with Gasteiger partial charge in [-0.1, -0.05) is 32.7 Å². The Hall–Kier alpha value is -0.140. The van der Waals surface area contributed by atoms with Crippen LogP contribution in [0.3, 0.4) is 0 Å². The Labute approximate surface area is 107 Å². The van der Waals surface area contributed by atoms with Gasteiger partial charge in [0.25, 0.3) is 5.89 Å². The highest BCUT2D eigenvalue weighted by molar-refractivity contribution is 14.1. The lowest BCUT2D eigenvalue weighted by molar-refractivity contribution is 0.426. The van der Waals surface area contributed by atoms with Crippen molar-refractivity contribution in [2.24, 2.45) is 0 Å². The molecule has 2 aromatic rings.